The fourth-order valence-electron chi connectivity index (χ4n) is 2.77. The van der Waals surface area contributed by atoms with Gasteiger partial charge in [-0.05, 0) is 42.2 Å². The fraction of sp³-hybridized carbons (Fsp3) is 0.381. The molecule has 0 saturated carbocycles. The molecule has 0 bridgehead atoms. The first-order valence-electron chi connectivity index (χ1n) is 8.97. The van der Waals surface area contributed by atoms with Crippen LogP contribution in [-0.4, -0.2) is 17.2 Å². The Balaban J connectivity index is 2.43. The van der Waals surface area contributed by atoms with E-state index in [2.05, 4.69) is 26.1 Å². The molecule has 28 heavy (non-hydrogen) atoms. The molecule has 2 aromatic carbocycles. The van der Waals surface area contributed by atoms with Gasteiger partial charge in [-0.25, -0.2) is 4.21 Å². The second-order valence-electron chi connectivity index (χ2n) is 7.45. The molecule has 0 aromatic heterocycles. The average Bonchev–Trinajstić information content (AvgIpc) is 2.59. The normalized spacial score (nSPS) is 12.5. The molecule has 1 unspecified atom stereocenters. The van der Waals surface area contributed by atoms with E-state index in [4.69, 9.17) is 27.9 Å². The Bertz CT molecular complexity index is 884. The van der Waals surface area contributed by atoms with Gasteiger partial charge in [0.05, 0.1) is 32.9 Å². The van der Waals surface area contributed by atoms with Gasteiger partial charge in [0, 0.05) is 22.6 Å². The van der Waals surface area contributed by atoms with Gasteiger partial charge >= 0.3 is 0 Å². The number of rotatable bonds is 6. The Labute approximate surface area is 179 Å². The van der Waals surface area contributed by atoms with Crippen LogP contribution in [0.2, 0.25) is 10.0 Å². The molecule has 0 aliphatic carbocycles. The molecule has 0 heterocycles. The Morgan fingerprint density at radius 3 is 2.25 bits per heavy atom. The van der Waals surface area contributed by atoms with E-state index in [0.717, 1.165) is 17.7 Å². The lowest BCUT2D eigenvalue weighted by molar-refractivity contribution is -0.116. The number of hydrogen-bond donors (Lipinski definition) is 1. The highest BCUT2D eigenvalue weighted by Crippen LogP contribution is 2.37. The molecule has 1 atom stereocenters. The largest absolute Gasteiger partial charge is 0.496 e. The Hall–Kier alpha value is -1.56. The van der Waals surface area contributed by atoms with Crippen LogP contribution < -0.4 is 10.1 Å². The summed E-state index contributed by atoms with van der Waals surface area (Å²) in [5, 5.41) is 3.23. The predicted octanol–water partition coefficient (Wildman–Crippen LogP) is 6.20. The highest BCUT2D eigenvalue weighted by atomic mass is 35.5. The standard InChI is InChI=1S/C21H25Cl2NO3S/c1-6-7-19(25)24-13-10-16(22)20(17(23)11-13)28(26)14-8-9-18(27-5)15(12-14)21(2,3)4/h8-12H,6-7H2,1-5H3,(H,24,25). The van der Waals surface area contributed by atoms with Gasteiger partial charge in [-0.2, -0.15) is 0 Å². The molecule has 2 rings (SSSR count). The lowest BCUT2D eigenvalue weighted by atomic mass is 9.86. The van der Waals surface area contributed by atoms with E-state index in [1.165, 1.54) is 0 Å². The zero-order valence-electron chi connectivity index (χ0n) is 16.7. The molecule has 0 fully saturated rings. The quantitative estimate of drug-likeness (QED) is 0.579. The first kappa shape index (κ1) is 22.7. The minimum atomic E-state index is -1.58. The Morgan fingerprint density at radius 2 is 1.75 bits per heavy atom. The SMILES string of the molecule is CCCC(=O)Nc1cc(Cl)c(S(=O)c2ccc(OC)c(C(C)(C)C)c2)c(Cl)c1. The summed E-state index contributed by atoms with van der Waals surface area (Å²) in [5.41, 5.74) is 1.24. The second-order valence-corrected chi connectivity index (χ2v) is 9.68. The van der Waals surface area contributed by atoms with Crippen molar-refractivity contribution in [1.82, 2.24) is 0 Å². The van der Waals surface area contributed by atoms with Crippen molar-refractivity contribution in [3.8, 4) is 5.75 Å². The van der Waals surface area contributed by atoms with Gasteiger partial charge in [0.15, 0.2) is 0 Å². The van der Waals surface area contributed by atoms with Crippen molar-refractivity contribution in [1.29, 1.82) is 0 Å². The number of methoxy groups -OCH3 is 1. The predicted molar refractivity (Wildman–Crippen MR) is 116 cm³/mol. The molecular weight excluding hydrogens is 417 g/mol. The number of halogens is 2. The molecule has 0 radical (unpaired) electrons. The Morgan fingerprint density at radius 1 is 1.14 bits per heavy atom. The molecule has 1 amide bonds. The second kappa shape index (κ2) is 9.29. The van der Waals surface area contributed by atoms with Crippen LogP contribution in [0.5, 0.6) is 5.75 Å². The number of hydrogen-bond acceptors (Lipinski definition) is 3. The van der Waals surface area contributed by atoms with Crippen molar-refractivity contribution in [3.63, 3.8) is 0 Å². The van der Waals surface area contributed by atoms with Gasteiger partial charge in [0.1, 0.15) is 5.75 Å². The van der Waals surface area contributed by atoms with Crippen molar-refractivity contribution in [2.24, 2.45) is 0 Å². The van der Waals surface area contributed by atoms with E-state index < -0.39 is 10.8 Å². The molecule has 0 spiro atoms. The topological polar surface area (TPSA) is 55.4 Å². The highest BCUT2D eigenvalue weighted by molar-refractivity contribution is 7.85. The molecule has 7 heteroatoms. The molecular formula is C21H25Cl2NO3S. The van der Waals surface area contributed by atoms with Crippen LogP contribution in [0.25, 0.3) is 0 Å². The molecule has 0 saturated heterocycles. The van der Waals surface area contributed by atoms with E-state index in [0.29, 0.717) is 21.9 Å². The van der Waals surface area contributed by atoms with Crippen LogP contribution in [0.1, 0.15) is 46.1 Å². The van der Waals surface area contributed by atoms with Gasteiger partial charge in [0.25, 0.3) is 0 Å². The highest BCUT2D eigenvalue weighted by Gasteiger charge is 2.23. The average molecular weight is 442 g/mol. The molecule has 0 aliphatic heterocycles. The van der Waals surface area contributed by atoms with Gasteiger partial charge in [0.2, 0.25) is 5.91 Å². The number of anilines is 1. The van der Waals surface area contributed by atoms with E-state index in [-0.39, 0.29) is 21.4 Å². The molecule has 152 valence electrons. The summed E-state index contributed by atoms with van der Waals surface area (Å²) < 4.78 is 18.7. The zero-order chi connectivity index (χ0) is 21.1. The maximum absolute atomic E-state index is 13.2. The summed E-state index contributed by atoms with van der Waals surface area (Å²) in [4.78, 5) is 12.7. The summed E-state index contributed by atoms with van der Waals surface area (Å²) >= 11 is 12.7. The van der Waals surface area contributed by atoms with Crippen LogP contribution >= 0.6 is 23.2 Å². The van der Waals surface area contributed by atoms with Crippen LogP contribution in [0.4, 0.5) is 5.69 Å². The monoisotopic (exact) mass is 441 g/mol. The number of benzene rings is 2. The molecule has 1 N–H and O–H groups in total. The first-order chi connectivity index (χ1) is 13.1. The van der Waals surface area contributed by atoms with Crippen molar-refractivity contribution in [2.75, 3.05) is 12.4 Å². The van der Waals surface area contributed by atoms with Crippen molar-refractivity contribution < 1.29 is 13.7 Å². The lowest BCUT2D eigenvalue weighted by Gasteiger charge is -2.23. The summed E-state index contributed by atoms with van der Waals surface area (Å²) in [6.45, 7) is 8.11. The minimum Gasteiger partial charge on any atom is -0.496 e. The number of carbonyl (C=O) groups excluding carboxylic acids is 1. The van der Waals surface area contributed by atoms with Gasteiger partial charge in [-0.1, -0.05) is 50.9 Å². The van der Waals surface area contributed by atoms with Crippen molar-refractivity contribution in [3.05, 3.63) is 45.9 Å². The summed E-state index contributed by atoms with van der Waals surface area (Å²) in [6, 6.07) is 8.55. The minimum absolute atomic E-state index is 0.117. The number of nitrogens with one attached hydrogen (secondary N) is 1. The van der Waals surface area contributed by atoms with Crippen LogP contribution in [0, 0.1) is 0 Å². The van der Waals surface area contributed by atoms with Crippen LogP contribution in [-0.2, 0) is 21.0 Å². The molecule has 2 aromatic rings. The number of carbonyl (C=O) groups is 1. The van der Waals surface area contributed by atoms with Gasteiger partial charge in [-0.3, -0.25) is 4.79 Å². The van der Waals surface area contributed by atoms with E-state index in [1.54, 1.807) is 31.4 Å². The fourth-order valence-corrected chi connectivity index (χ4v) is 4.80. The van der Waals surface area contributed by atoms with Gasteiger partial charge < -0.3 is 10.1 Å². The number of ether oxygens (including phenoxy) is 1. The zero-order valence-corrected chi connectivity index (χ0v) is 19.0. The summed E-state index contributed by atoms with van der Waals surface area (Å²) in [7, 11) is 0.0298. The summed E-state index contributed by atoms with van der Waals surface area (Å²) in [5.74, 6) is 0.618. The third-order valence-corrected chi connectivity index (χ3v) is 6.45. The third kappa shape index (κ3) is 5.28. The maximum Gasteiger partial charge on any atom is 0.224 e. The van der Waals surface area contributed by atoms with E-state index in [9.17, 15) is 9.00 Å². The van der Waals surface area contributed by atoms with Gasteiger partial charge in [-0.15, -0.1) is 0 Å². The maximum atomic E-state index is 13.2. The molecule has 0 aliphatic rings. The molecule has 4 nitrogen and oxygen atoms in total. The first-order valence-corrected chi connectivity index (χ1v) is 10.9. The smallest absolute Gasteiger partial charge is 0.224 e. The summed E-state index contributed by atoms with van der Waals surface area (Å²) in [6.07, 6.45) is 1.15. The Kier molecular flexibility index (Phi) is 7.54. The van der Waals surface area contributed by atoms with E-state index in [1.807, 2.05) is 13.0 Å². The van der Waals surface area contributed by atoms with E-state index >= 15 is 0 Å². The number of amides is 1. The van der Waals surface area contributed by atoms with Crippen molar-refractivity contribution >= 4 is 45.6 Å². The third-order valence-electron chi connectivity index (χ3n) is 4.14. The van der Waals surface area contributed by atoms with Crippen LogP contribution in [0.15, 0.2) is 40.1 Å². The van der Waals surface area contributed by atoms with Crippen molar-refractivity contribution in [2.45, 2.75) is 55.7 Å². The van der Waals surface area contributed by atoms with Crippen LogP contribution in [0.3, 0.4) is 0 Å². The lowest BCUT2D eigenvalue weighted by Crippen LogP contribution is -2.13.